The molecule has 0 amide bonds. The third-order valence-corrected chi connectivity index (χ3v) is 2.56. The van der Waals surface area contributed by atoms with Crippen LogP contribution in [-0.2, 0) is 4.74 Å². The molecule has 96 valence electrons. The number of hydrogen-bond donors (Lipinski definition) is 1. The van der Waals surface area contributed by atoms with Crippen molar-refractivity contribution in [2.45, 2.75) is 20.3 Å². The van der Waals surface area contributed by atoms with Crippen LogP contribution in [0.15, 0.2) is 4.99 Å². The van der Waals surface area contributed by atoms with Gasteiger partial charge in [-0.25, -0.2) is 0 Å². The zero-order chi connectivity index (χ0) is 11.1. The highest BCUT2D eigenvalue weighted by Crippen LogP contribution is 2.13. The van der Waals surface area contributed by atoms with Gasteiger partial charge in [0.2, 0.25) is 0 Å². The zero-order valence-electron chi connectivity index (χ0n) is 10.5. The van der Waals surface area contributed by atoms with E-state index >= 15 is 0 Å². The summed E-state index contributed by atoms with van der Waals surface area (Å²) in [4.78, 5) is 6.65. The fourth-order valence-corrected chi connectivity index (χ4v) is 1.82. The standard InChI is InChI=1S/C11H23N3O.HI/c1-4-12-11(13-5-2)14(3)8-10-6-7-15-9-10;/h10H,4-9H2,1-3H3,(H,12,13);1H. The Morgan fingerprint density at radius 3 is 2.75 bits per heavy atom. The van der Waals surface area contributed by atoms with Crippen LogP contribution in [0.5, 0.6) is 0 Å². The maximum Gasteiger partial charge on any atom is 0.193 e. The monoisotopic (exact) mass is 341 g/mol. The van der Waals surface area contributed by atoms with Crippen molar-refractivity contribution < 1.29 is 4.74 Å². The van der Waals surface area contributed by atoms with Gasteiger partial charge in [-0.2, -0.15) is 0 Å². The SMILES string of the molecule is CCN=C(NCC)N(C)CC1CCOC1.I. The summed E-state index contributed by atoms with van der Waals surface area (Å²) in [5.41, 5.74) is 0. The number of aliphatic imine (C=N–C) groups is 1. The van der Waals surface area contributed by atoms with Crippen LogP contribution in [0.25, 0.3) is 0 Å². The number of nitrogens with zero attached hydrogens (tertiary/aromatic N) is 2. The quantitative estimate of drug-likeness (QED) is 0.479. The highest BCUT2D eigenvalue weighted by molar-refractivity contribution is 14.0. The molecule has 0 aromatic heterocycles. The van der Waals surface area contributed by atoms with Crippen molar-refractivity contribution in [2.24, 2.45) is 10.9 Å². The predicted octanol–water partition coefficient (Wildman–Crippen LogP) is 1.56. The van der Waals surface area contributed by atoms with Gasteiger partial charge in [0.25, 0.3) is 0 Å². The topological polar surface area (TPSA) is 36.9 Å². The van der Waals surface area contributed by atoms with E-state index in [-0.39, 0.29) is 24.0 Å². The molecule has 1 unspecified atom stereocenters. The summed E-state index contributed by atoms with van der Waals surface area (Å²) in [6, 6.07) is 0. The van der Waals surface area contributed by atoms with Crippen molar-refractivity contribution in [2.75, 3.05) is 39.9 Å². The first-order valence-electron chi connectivity index (χ1n) is 5.85. The van der Waals surface area contributed by atoms with E-state index in [0.29, 0.717) is 5.92 Å². The van der Waals surface area contributed by atoms with Crippen LogP contribution in [0.2, 0.25) is 0 Å². The van der Waals surface area contributed by atoms with E-state index in [4.69, 9.17) is 4.74 Å². The molecule has 1 atom stereocenters. The highest BCUT2D eigenvalue weighted by atomic mass is 127. The van der Waals surface area contributed by atoms with Crippen molar-refractivity contribution in [3.63, 3.8) is 0 Å². The second kappa shape index (κ2) is 9.04. The van der Waals surface area contributed by atoms with Gasteiger partial charge in [-0.15, -0.1) is 24.0 Å². The van der Waals surface area contributed by atoms with Crippen LogP contribution in [0, 0.1) is 5.92 Å². The molecule has 16 heavy (non-hydrogen) atoms. The Kier molecular flexibility index (Phi) is 9.02. The number of rotatable bonds is 4. The van der Waals surface area contributed by atoms with Gasteiger partial charge in [0.05, 0.1) is 6.61 Å². The number of guanidine groups is 1. The summed E-state index contributed by atoms with van der Waals surface area (Å²) >= 11 is 0. The molecule has 0 aromatic rings. The molecule has 0 saturated carbocycles. The molecule has 0 aromatic carbocycles. The Morgan fingerprint density at radius 2 is 2.25 bits per heavy atom. The number of ether oxygens (including phenoxy) is 1. The van der Waals surface area contributed by atoms with Crippen molar-refractivity contribution in [1.82, 2.24) is 10.2 Å². The summed E-state index contributed by atoms with van der Waals surface area (Å²) in [7, 11) is 2.09. The van der Waals surface area contributed by atoms with E-state index in [2.05, 4.69) is 36.1 Å². The van der Waals surface area contributed by atoms with Gasteiger partial charge in [0.15, 0.2) is 5.96 Å². The molecule has 4 nitrogen and oxygen atoms in total. The second-order valence-electron chi connectivity index (χ2n) is 3.94. The Bertz CT molecular complexity index is 205. The minimum absolute atomic E-state index is 0. The Hall–Kier alpha value is -0.0400. The largest absolute Gasteiger partial charge is 0.381 e. The summed E-state index contributed by atoms with van der Waals surface area (Å²) in [5.74, 6) is 1.67. The molecule has 0 aliphatic carbocycles. The van der Waals surface area contributed by atoms with Gasteiger partial charge in [-0.1, -0.05) is 0 Å². The first-order chi connectivity index (χ1) is 7.27. The number of hydrogen-bond acceptors (Lipinski definition) is 2. The van der Waals surface area contributed by atoms with Crippen LogP contribution in [0.1, 0.15) is 20.3 Å². The van der Waals surface area contributed by atoms with Crippen molar-refractivity contribution in [3.8, 4) is 0 Å². The minimum atomic E-state index is 0. The number of halogens is 1. The molecule has 1 fully saturated rings. The Morgan fingerprint density at radius 1 is 1.50 bits per heavy atom. The molecule has 1 aliphatic rings. The molecule has 1 rings (SSSR count). The third-order valence-electron chi connectivity index (χ3n) is 2.56. The fourth-order valence-electron chi connectivity index (χ4n) is 1.82. The smallest absolute Gasteiger partial charge is 0.193 e. The molecule has 0 radical (unpaired) electrons. The first kappa shape index (κ1) is 16.0. The van der Waals surface area contributed by atoms with Gasteiger partial charge in [-0.05, 0) is 20.3 Å². The van der Waals surface area contributed by atoms with Crippen LogP contribution in [0.4, 0.5) is 0 Å². The predicted molar refractivity (Wildman–Crippen MR) is 78.6 cm³/mol. The highest BCUT2D eigenvalue weighted by Gasteiger charge is 2.18. The molecule has 1 saturated heterocycles. The van der Waals surface area contributed by atoms with Crippen LogP contribution in [0.3, 0.4) is 0 Å². The molecule has 0 spiro atoms. The zero-order valence-corrected chi connectivity index (χ0v) is 12.9. The van der Waals surface area contributed by atoms with E-state index in [1.54, 1.807) is 0 Å². The normalized spacial score (nSPS) is 20.4. The number of nitrogens with one attached hydrogen (secondary N) is 1. The summed E-state index contributed by atoms with van der Waals surface area (Å²) in [6.07, 6.45) is 1.18. The first-order valence-corrected chi connectivity index (χ1v) is 5.85. The van der Waals surface area contributed by atoms with Gasteiger partial charge in [0, 0.05) is 39.2 Å². The van der Waals surface area contributed by atoms with E-state index in [1.807, 2.05) is 0 Å². The lowest BCUT2D eigenvalue weighted by Crippen LogP contribution is -2.41. The van der Waals surface area contributed by atoms with Gasteiger partial charge in [-0.3, -0.25) is 4.99 Å². The van der Waals surface area contributed by atoms with E-state index < -0.39 is 0 Å². The van der Waals surface area contributed by atoms with E-state index in [0.717, 1.165) is 38.8 Å². The second-order valence-corrected chi connectivity index (χ2v) is 3.94. The Balaban J connectivity index is 0.00000225. The third kappa shape index (κ3) is 5.34. The van der Waals surface area contributed by atoms with E-state index in [1.165, 1.54) is 6.42 Å². The van der Waals surface area contributed by atoms with E-state index in [9.17, 15) is 0 Å². The average Bonchev–Trinajstić information content (AvgIpc) is 2.70. The van der Waals surface area contributed by atoms with Crippen LogP contribution < -0.4 is 5.32 Å². The summed E-state index contributed by atoms with van der Waals surface area (Å²) < 4.78 is 5.37. The summed E-state index contributed by atoms with van der Waals surface area (Å²) in [5, 5.41) is 3.29. The molecule has 1 heterocycles. The van der Waals surface area contributed by atoms with Crippen LogP contribution in [-0.4, -0.2) is 50.8 Å². The average molecular weight is 341 g/mol. The molecular weight excluding hydrogens is 317 g/mol. The van der Waals surface area contributed by atoms with Crippen molar-refractivity contribution in [3.05, 3.63) is 0 Å². The molecule has 1 aliphatic heterocycles. The maximum atomic E-state index is 5.37. The molecule has 1 N–H and O–H groups in total. The van der Waals surface area contributed by atoms with Gasteiger partial charge in [0.1, 0.15) is 0 Å². The Labute approximate surface area is 116 Å². The van der Waals surface area contributed by atoms with Crippen LogP contribution >= 0.6 is 24.0 Å². The molecular formula is C11H24IN3O. The summed E-state index contributed by atoms with van der Waals surface area (Å²) in [6.45, 7) is 8.75. The lowest BCUT2D eigenvalue weighted by molar-refractivity contribution is 0.181. The molecule has 0 bridgehead atoms. The molecule has 5 heteroatoms. The van der Waals surface area contributed by atoms with Crippen molar-refractivity contribution in [1.29, 1.82) is 0 Å². The van der Waals surface area contributed by atoms with Crippen molar-refractivity contribution >= 4 is 29.9 Å². The fraction of sp³-hybridized carbons (Fsp3) is 0.909. The van der Waals surface area contributed by atoms with Gasteiger partial charge < -0.3 is 15.0 Å². The lowest BCUT2D eigenvalue weighted by atomic mass is 10.1. The maximum absolute atomic E-state index is 5.37. The minimum Gasteiger partial charge on any atom is -0.381 e. The lowest BCUT2D eigenvalue weighted by Gasteiger charge is -2.24. The van der Waals surface area contributed by atoms with Gasteiger partial charge >= 0.3 is 0 Å².